The van der Waals surface area contributed by atoms with E-state index in [4.69, 9.17) is 8.85 Å². The average molecular weight is 307 g/mol. The summed E-state index contributed by atoms with van der Waals surface area (Å²) in [6, 6.07) is 0. The minimum Gasteiger partial charge on any atom is -0.394 e. The van der Waals surface area contributed by atoms with Crippen molar-refractivity contribution in [1.29, 1.82) is 0 Å². The van der Waals surface area contributed by atoms with Crippen molar-refractivity contribution < 1.29 is 27.4 Å². The van der Waals surface area contributed by atoms with Crippen molar-refractivity contribution >= 4 is 20.9 Å². The van der Waals surface area contributed by atoms with Gasteiger partial charge in [-0.05, 0) is 6.55 Å². The SMILES string of the molecule is CCC(=O)[N+]1(CCN(F)C=O)CCC1[Si](C)(OC)OC. The maximum absolute atomic E-state index is 13.1. The number of quaternary nitrogens is 1. The molecule has 2 unspecified atom stereocenters. The van der Waals surface area contributed by atoms with Crippen molar-refractivity contribution in [1.82, 2.24) is 5.12 Å². The van der Waals surface area contributed by atoms with E-state index in [1.165, 1.54) is 0 Å². The number of hydrogen-bond donors (Lipinski definition) is 0. The minimum atomic E-state index is -2.49. The quantitative estimate of drug-likeness (QED) is 0.287. The van der Waals surface area contributed by atoms with Crippen LogP contribution in [0.2, 0.25) is 6.55 Å². The molecule has 1 heterocycles. The van der Waals surface area contributed by atoms with Gasteiger partial charge < -0.3 is 8.85 Å². The molecule has 0 aliphatic carbocycles. The van der Waals surface area contributed by atoms with E-state index in [0.717, 1.165) is 6.42 Å². The van der Waals surface area contributed by atoms with Crippen LogP contribution < -0.4 is 0 Å². The number of carbonyl (C=O) groups excluding carboxylic acids is 2. The number of amides is 2. The van der Waals surface area contributed by atoms with Crippen LogP contribution in [0.25, 0.3) is 0 Å². The predicted octanol–water partition coefficient (Wildman–Crippen LogP) is 0.759. The van der Waals surface area contributed by atoms with Gasteiger partial charge in [-0.25, -0.2) is 4.79 Å². The van der Waals surface area contributed by atoms with Crippen molar-refractivity contribution in [2.75, 3.05) is 33.9 Å². The molecule has 6 nitrogen and oxygen atoms in total. The van der Waals surface area contributed by atoms with E-state index in [0.29, 0.717) is 13.0 Å². The van der Waals surface area contributed by atoms with Crippen LogP contribution in [0.4, 0.5) is 4.48 Å². The third-order valence-corrected chi connectivity index (χ3v) is 8.05. The van der Waals surface area contributed by atoms with Gasteiger partial charge in [-0.2, -0.15) is 5.12 Å². The van der Waals surface area contributed by atoms with E-state index >= 15 is 0 Å². The lowest BCUT2D eigenvalue weighted by Crippen LogP contribution is -2.78. The number of halogens is 1. The molecule has 0 saturated carbocycles. The topological polar surface area (TPSA) is 55.8 Å². The summed E-state index contributed by atoms with van der Waals surface area (Å²) >= 11 is 0. The number of rotatable bonds is 8. The third kappa shape index (κ3) is 2.92. The molecule has 0 aromatic rings. The Morgan fingerprint density at radius 3 is 2.45 bits per heavy atom. The number of likely N-dealkylation sites (tertiary alicyclic amines) is 1. The Morgan fingerprint density at radius 1 is 1.50 bits per heavy atom. The monoisotopic (exact) mass is 307 g/mol. The van der Waals surface area contributed by atoms with Gasteiger partial charge in [0.15, 0.2) is 0 Å². The lowest BCUT2D eigenvalue weighted by atomic mass is 10.1. The molecule has 1 saturated heterocycles. The van der Waals surface area contributed by atoms with E-state index in [-0.39, 0.29) is 40.7 Å². The molecule has 0 bridgehead atoms. The summed E-state index contributed by atoms with van der Waals surface area (Å²) in [5.41, 5.74) is -0.0509. The molecule has 8 heteroatoms. The zero-order valence-electron chi connectivity index (χ0n) is 12.6. The van der Waals surface area contributed by atoms with Crippen LogP contribution in [-0.2, 0) is 18.4 Å². The first-order chi connectivity index (χ1) is 9.40. The molecule has 1 aliphatic rings. The van der Waals surface area contributed by atoms with E-state index in [2.05, 4.69) is 0 Å². The molecule has 0 radical (unpaired) electrons. The molecule has 0 aromatic carbocycles. The van der Waals surface area contributed by atoms with Gasteiger partial charge in [-0.15, -0.1) is 0 Å². The summed E-state index contributed by atoms with van der Waals surface area (Å²) in [4.78, 5) is 22.7. The molecular formula is C12H24FN2O4Si+. The van der Waals surface area contributed by atoms with E-state index in [1.54, 1.807) is 21.1 Å². The highest BCUT2D eigenvalue weighted by Crippen LogP contribution is 2.36. The molecule has 0 aromatic heterocycles. The van der Waals surface area contributed by atoms with Crippen molar-refractivity contribution in [3.63, 3.8) is 0 Å². The zero-order chi connectivity index (χ0) is 15.4. The van der Waals surface area contributed by atoms with Gasteiger partial charge in [0.2, 0.25) is 6.41 Å². The number of carbonyl (C=O) groups is 2. The molecule has 1 fully saturated rings. The normalized spacial score (nSPS) is 25.9. The smallest absolute Gasteiger partial charge is 0.394 e. The van der Waals surface area contributed by atoms with Gasteiger partial charge >= 0.3 is 14.5 Å². The van der Waals surface area contributed by atoms with Crippen LogP contribution in [0.15, 0.2) is 0 Å². The molecular weight excluding hydrogens is 283 g/mol. The summed E-state index contributed by atoms with van der Waals surface area (Å²) in [7, 11) is 0.690. The second-order valence-corrected chi connectivity index (χ2v) is 8.70. The fourth-order valence-electron chi connectivity index (χ4n) is 2.97. The van der Waals surface area contributed by atoms with Crippen molar-refractivity contribution in [3.05, 3.63) is 0 Å². The number of hydrogen-bond acceptors (Lipinski definition) is 4. The number of nitrogens with zero attached hydrogens (tertiary/aromatic N) is 2. The fourth-order valence-corrected chi connectivity index (χ4v) is 5.63. The highest BCUT2D eigenvalue weighted by molar-refractivity contribution is 6.67. The van der Waals surface area contributed by atoms with Crippen molar-refractivity contribution in [2.45, 2.75) is 32.0 Å². The van der Waals surface area contributed by atoms with E-state index in [9.17, 15) is 14.1 Å². The van der Waals surface area contributed by atoms with Crippen LogP contribution in [-0.4, -0.2) is 70.0 Å². The first-order valence-corrected chi connectivity index (χ1v) is 9.17. The highest BCUT2D eigenvalue weighted by atomic mass is 28.4. The largest absolute Gasteiger partial charge is 0.397 e. The van der Waals surface area contributed by atoms with Crippen molar-refractivity contribution in [3.8, 4) is 0 Å². The van der Waals surface area contributed by atoms with Gasteiger partial charge in [-0.3, -0.25) is 9.28 Å². The first-order valence-electron chi connectivity index (χ1n) is 6.78. The van der Waals surface area contributed by atoms with Crippen LogP contribution in [0, 0.1) is 0 Å². The Hall–Kier alpha value is -0.833. The Bertz CT molecular complexity index is 367. The second-order valence-electron chi connectivity index (χ2n) is 5.19. The third-order valence-electron chi connectivity index (χ3n) is 4.44. The van der Waals surface area contributed by atoms with Gasteiger partial charge in [0.25, 0.3) is 0 Å². The maximum atomic E-state index is 13.1. The summed E-state index contributed by atoms with van der Waals surface area (Å²) < 4.78 is 24.3. The van der Waals surface area contributed by atoms with Crippen LogP contribution >= 0.6 is 0 Å². The fraction of sp³-hybridized carbons (Fsp3) is 0.833. The summed E-state index contributed by atoms with van der Waals surface area (Å²) in [5.74, 6) is 0.0494. The highest BCUT2D eigenvalue weighted by Gasteiger charge is 2.62. The summed E-state index contributed by atoms with van der Waals surface area (Å²) in [5, 5.41) is 0.0802. The van der Waals surface area contributed by atoms with Gasteiger partial charge in [-0.1, -0.05) is 11.4 Å². The Morgan fingerprint density at radius 2 is 2.10 bits per heavy atom. The van der Waals surface area contributed by atoms with Gasteiger partial charge in [0.1, 0.15) is 18.8 Å². The Balaban J connectivity index is 2.95. The second kappa shape index (κ2) is 6.75. The molecule has 1 rings (SSSR count). The Labute approximate surface area is 120 Å². The molecule has 0 N–H and O–H groups in total. The lowest BCUT2D eigenvalue weighted by Gasteiger charge is -2.54. The lowest BCUT2D eigenvalue weighted by molar-refractivity contribution is -0.909. The maximum Gasteiger partial charge on any atom is 0.397 e. The molecule has 2 atom stereocenters. The first kappa shape index (κ1) is 17.2. The Kier molecular flexibility index (Phi) is 5.81. The predicted molar refractivity (Wildman–Crippen MR) is 73.2 cm³/mol. The van der Waals surface area contributed by atoms with Gasteiger partial charge in [0.05, 0.1) is 19.4 Å². The van der Waals surface area contributed by atoms with Crippen LogP contribution in [0.1, 0.15) is 19.8 Å². The van der Waals surface area contributed by atoms with Crippen LogP contribution in [0.3, 0.4) is 0 Å². The van der Waals surface area contributed by atoms with Gasteiger partial charge in [0, 0.05) is 14.2 Å². The standard InChI is InChI=1S/C12H24FN2O4Si/c1-5-11(17)15(9-7-14(13)10-16)8-6-12(15)20(4,18-2)19-3/h10,12H,5-9H2,1-4H3/q+1. The van der Waals surface area contributed by atoms with Crippen LogP contribution in [0.5, 0.6) is 0 Å². The molecule has 2 amide bonds. The van der Waals surface area contributed by atoms with Crippen molar-refractivity contribution in [2.24, 2.45) is 0 Å². The van der Waals surface area contributed by atoms with E-state index < -0.39 is 8.56 Å². The molecule has 20 heavy (non-hydrogen) atoms. The average Bonchev–Trinajstić information content (AvgIpc) is 2.45. The molecule has 1 aliphatic heterocycles. The summed E-state index contributed by atoms with van der Waals surface area (Å²) in [6.45, 7) is 4.54. The van der Waals surface area contributed by atoms with E-state index in [1.807, 2.05) is 6.55 Å². The minimum absolute atomic E-state index is 0.0494. The molecule has 0 spiro atoms. The summed E-state index contributed by atoms with van der Waals surface area (Å²) in [6.07, 6.45) is 1.33. The zero-order valence-corrected chi connectivity index (χ0v) is 13.6. The molecule has 116 valence electrons.